The minimum atomic E-state index is 0. The molecule has 3 aliphatic heterocycles. The Morgan fingerprint density at radius 2 is 1.04 bits per heavy atom. The van der Waals surface area contributed by atoms with Crippen molar-refractivity contribution in [3.05, 3.63) is 196 Å². The summed E-state index contributed by atoms with van der Waals surface area (Å²) in [6.07, 6.45) is 12.3. The van der Waals surface area contributed by atoms with Gasteiger partial charge in [-0.2, -0.15) is 72.4 Å². The Labute approximate surface area is 458 Å². The third-order valence-corrected chi connectivity index (χ3v) is 12.3. The van der Waals surface area contributed by atoms with Crippen LogP contribution in [0.5, 0.6) is 11.5 Å². The topological polar surface area (TPSA) is 106 Å². The molecule has 0 atom stereocenters. The van der Waals surface area contributed by atoms with E-state index < -0.39 is 0 Å². The Balaban J connectivity index is 0.000000201. The third kappa shape index (κ3) is 11.7. The van der Waals surface area contributed by atoms with E-state index in [1.807, 2.05) is 50.1 Å². The Morgan fingerprint density at radius 1 is 0.493 bits per heavy atom. The van der Waals surface area contributed by atoms with E-state index in [-0.39, 0.29) is 52.0 Å². The van der Waals surface area contributed by atoms with E-state index in [0.29, 0.717) is 22.9 Å². The average Bonchev–Trinajstić information content (AvgIpc) is 4.07. The molecule has 73 heavy (non-hydrogen) atoms. The van der Waals surface area contributed by atoms with Gasteiger partial charge in [-0.25, -0.2) is 26.0 Å². The van der Waals surface area contributed by atoms with E-state index in [1.54, 1.807) is 49.3 Å². The molecule has 15 heteroatoms. The molecular formula is C58H54IrN12OPt-8. The van der Waals surface area contributed by atoms with Crippen LogP contribution < -0.4 is 34.1 Å². The zero-order valence-electron chi connectivity index (χ0n) is 41.7. The summed E-state index contributed by atoms with van der Waals surface area (Å²) in [7, 11) is 2.03. The van der Waals surface area contributed by atoms with Gasteiger partial charge in [0, 0.05) is 88.8 Å². The van der Waals surface area contributed by atoms with Gasteiger partial charge in [-0.1, -0.05) is 64.5 Å². The molecule has 379 valence electrons. The first-order valence-electron chi connectivity index (χ1n) is 23.7. The molecule has 0 N–H and O–H groups in total. The molecule has 0 saturated heterocycles. The fraction of sp³-hybridized carbons (Fsp3) is 0.224. The second-order valence-corrected chi connectivity index (χ2v) is 19.4. The van der Waals surface area contributed by atoms with Crippen LogP contribution >= 0.6 is 0 Å². The van der Waals surface area contributed by atoms with Crippen LogP contribution in [0.3, 0.4) is 0 Å². The van der Waals surface area contributed by atoms with E-state index in [1.165, 1.54) is 11.1 Å². The predicted molar refractivity (Wildman–Crippen MR) is 281 cm³/mol. The smallest absolute Gasteiger partial charge is 0.143 e. The van der Waals surface area contributed by atoms with Gasteiger partial charge >= 0.3 is 0 Å². The molecule has 0 aliphatic carbocycles. The fourth-order valence-electron chi connectivity index (χ4n) is 8.41. The Kier molecular flexibility index (Phi) is 16.3. The molecule has 13 nitrogen and oxygen atoms in total. The molecule has 0 amide bonds. The summed E-state index contributed by atoms with van der Waals surface area (Å²) < 4.78 is 6.01. The summed E-state index contributed by atoms with van der Waals surface area (Å²) in [6, 6.07) is 48.6. The van der Waals surface area contributed by atoms with Crippen molar-refractivity contribution in [3.63, 3.8) is 0 Å². The van der Waals surface area contributed by atoms with Crippen molar-refractivity contribution in [2.45, 2.75) is 65.2 Å². The van der Waals surface area contributed by atoms with Crippen LogP contribution in [-0.4, -0.2) is 50.0 Å². The summed E-state index contributed by atoms with van der Waals surface area (Å²) >= 11 is 0. The summed E-state index contributed by atoms with van der Waals surface area (Å²) in [4.78, 5) is 39.9. The van der Waals surface area contributed by atoms with Gasteiger partial charge in [0.25, 0.3) is 0 Å². The normalized spacial score (nSPS) is 13.6. The molecule has 3 aliphatic rings. The SMILES string of the molecule is CC(C)(C)c1c[c-]c(N2[CH-]N(CCCCN3[CH-]N(c4[c-]cc(C(C)(C)C)cc4)c4nccnc43)c3nccnc32)cc1.CN1[CH-]N(c2[c-]c(Oc3[c-]c(-c4[c-]cccn4)ncc3)ccc2)c2ccccc21.[Ir].[Pt]. The summed E-state index contributed by atoms with van der Waals surface area (Å²) in [5.74, 6) is 4.55. The van der Waals surface area contributed by atoms with Crippen molar-refractivity contribution in [2.75, 3.05) is 49.5 Å². The van der Waals surface area contributed by atoms with Crippen LogP contribution in [0.1, 0.15) is 65.5 Å². The zero-order chi connectivity index (χ0) is 49.1. The van der Waals surface area contributed by atoms with Crippen molar-refractivity contribution < 1.29 is 45.9 Å². The number of aromatic nitrogens is 6. The first-order chi connectivity index (χ1) is 34.4. The number of hydrogen-bond acceptors (Lipinski definition) is 13. The molecule has 11 rings (SSSR count). The fourth-order valence-corrected chi connectivity index (χ4v) is 8.41. The number of ether oxygens (including phenoxy) is 1. The summed E-state index contributed by atoms with van der Waals surface area (Å²) in [6.45, 7) is 21.2. The van der Waals surface area contributed by atoms with Crippen molar-refractivity contribution in [1.29, 1.82) is 0 Å². The number of fused-ring (bicyclic) bond motifs is 3. The Hall–Kier alpha value is -6.72. The molecule has 4 aromatic carbocycles. The van der Waals surface area contributed by atoms with E-state index in [4.69, 9.17) is 4.74 Å². The van der Waals surface area contributed by atoms with E-state index in [9.17, 15) is 0 Å². The van der Waals surface area contributed by atoms with Gasteiger partial charge < -0.3 is 44.1 Å². The molecule has 8 aromatic rings. The number of anilines is 9. The summed E-state index contributed by atoms with van der Waals surface area (Å²) in [5.41, 5.74) is 8.95. The minimum absolute atomic E-state index is 0. The monoisotopic (exact) mass is 1320 g/mol. The molecule has 4 aromatic heterocycles. The summed E-state index contributed by atoms with van der Waals surface area (Å²) in [5, 5.41) is 0. The maximum absolute atomic E-state index is 6.01. The van der Waals surface area contributed by atoms with Crippen molar-refractivity contribution in [1.82, 2.24) is 29.9 Å². The second kappa shape index (κ2) is 22.6. The zero-order valence-corrected chi connectivity index (χ0v) is 46.4. The second-order valence-electron chi connectivity index (χ2n) is 19.4. The molecule has 0 saturated carbocycles. The molecular weight excluding hydrogens is 1270 g/mol. The molecule has 0 unspecified atom stereocenters. The predicted octanol–water partition coefficient (Wildman–Crippen LogP) is 12.1. The van der Waals surface area contributed by atoms with Crippen LogP contribution in [-0.2, 0) is 52.0 Å². The number of nitrogens with zero attached hydrogens (tertiary/aromatic N) is 12. The molecule has 0 fully saturated rings. The van der Waals surface area contributed by atoms with Gasteiger partial charge in [0.1, 0.15) is 23.3 Å². The standard InChI is InChI=1S/C34H38N8.C24H16N4O.Ir.Pt/c1-33(2,3)25-9-13-27(14-10-25)41-23-39(29-31(41)37-19-17-35-29)21-7-8-22-40-24-42(32-30(40)36-18-20-38-32)28-15-11-26(12-16-28)34(4,5)6;1-27-17-28(24-11-3-2-10-23(24)27)18-7-6-8-19(15-18)29-20-12-14-26-22(16-20)21-9-4-5-13-25-21;;/h9-13,15,17-20,23-24H,7-8,21-22H2,1-6H3;2-8,10-14,17H,1H3;;/q2*-4;;. The molecule has 0 spiro atoms. The number of hydrogen-bond donors (Lipinski definition) is 0. The number of unbranched alkanes of at least 4 members (excludes halogenated alkanes) is 1. The van der Waals surface area contributed by atoms with Crippen LogP contribution in [0.2, 0.25) is 0 Å². The van der Waals surface area contributed by atoms with Gasteiger partial charge in [-0.3, -0.25) is 0 Å². The van der Waals surface area contributed by atoms with E-state index in [2.05, 4.69) is 193 Å². The number of para-hydroxylation sites is 2. The van der Waals surface area contributed by atoms with Gasteiger partial charge in [0.05, 0.1) is 0 Å². The Morgan fingerprint density at radius 3 is 1.58 bits per heavy atom. The molecule has 1 radical (unpaired) electrons. The molecule has 7 heterocycles. The van der Waals surface area contributed by atoms with Gasteiger partial charge in [0.2, 0.25) is 0 Å². The van der Waals surface area contributed by atoms with Gasteiger partial charge in [0.15, 0.2) is 0 Å². The van der Waals surface area contributed by atoms with E-state index in [0.717, 1.165) is 77.6 Å². The quantitative estimate of drug-likeness (QED) is 0.0907. The van der Waals surface area contributed by atoms with Crippen molar-refractivity contribution >= 4 is 51.7 Å². The van der Waals surface area contributed by atoms with Crippen LogP contribution in [0.4, 0.5) is 51.7 Å². The van der Waals surface area contributed by atoms with Crippen molar-refractivity contribution in [2.24, 2.45) is 0 Å². The van der Waals surface area contributed by atoms with Crippen LogP contribution in [0, 0.1) is 50.3 Å². The average molecular weight is 1320 g/mol. The molecule has 0 bridgehead atoms. The van der Waals surface area contributed by atoms with Crippen LogP contribution in [0.15, 0.2) is 134 Å². The first-order valence-corrected chi connectivity index (χ1v) is 23.7. The maximum Gasteiger partial charge on any atom is 0.143 e. The maximum atomic E-state index is 6.01. The largest absolute Gasteiger partial charge is 0.510 e. The number of benzene rings is 4. The van der Waals surface area contributed by atoms with Crippen LogP contribution in [0.25, 0.3) is 11.4 Å². The first kappa shape index (κ1) is 52.6. The number of pyridine rings is 2. The van der Waals surface area contributed by atoms with Gasteiger partial charge in [-0.05, 0) is 57.5 Å². The minimum Gasteiger partial charge on any atom is -0.510 e. The third-order valence-electron chi connectivity index (χ3n) is 12.3. The van der Waals surface area contributed by atoms with Crippen molar-refractivity contribution in [3.8, 4) is 22.9 Å². The number of rotatable bonds is 11. The Bertz CT molecular complexity index is 2980. The van der Waals surface area contributed by atoms with Gasteiger partial charge in [-0.15, -0.1) is 84.3 Å². The van der Waals surface area contributed by atoms with E-state index >= 15 is 0 Å².